The third-order valence-corrected chi connectivity index (χ3v) is 8.81. The van der Waals surface area contributed by atoms with Crippen LogP contribution in [0.2, 0.25) is 0 Å². The number of rotatable bonds is 8. The smallest absolute Gasteiger partial charge is 0.243 e. The van der Waals surface area contributed by atoms with Crippen molar-refractivity contribution in [2.45, 2.75) is 101 Å². The molecule has 0 aromatic heterocycles. The number of primary amides is 1. The van der Waals surface area contributed by atoms with Crippen molar-refractivity contribution >= 4 is 17.7 Å². The van der Waals surface area contributed by atoms with Crippen molar-refractivity contribution in [3.8, 4) is 11.5 Å². The predicted octanol–water partition coefficient (Wildman–Crippen LogP) is 3.97. The molecule has 8 heteroatoms. The fourth-order valence-electron chi connectivity index (χ4n) is 6.82. The van der Waals surface area contributed by atoms with Crippen LogP contribution in [-0.2, 0) is 14.4 Å². The number of hydrogen-bond donors (Lipinski definition) is 2. The Balaban J connectivity index is 1.66. The Morgan fingerprint density at radius 2 is 1.65 bits per heavy atom. The van der Waals surface area contributed by atoms with E-state index in [0.717, 1.165) is 62.5 Å². The van der Waals surface area contributed by atoms with E-state index in [4.69, 9.17) is 15.2 Å². The van der Waals surface area contributed by atoms with Gasteiger partial charge < -0.3 is 25.4 Å². The summed E-state index contributed by atoms with van der Waals surface area (Å²) < 4.78 is 11.2. The Labute approximate surface area is 220 Å². The van der Waals surface area contributed by atoms with E-state index in [1.807, 2.05) is 19.1 Å². The summed E-state index contributed by atoms with van der Waals surface area (Å²) in [4.78, 5) is 42.1. The largest absolute Gasteiger partial charge is 0.493 e. The number of nitrogens with zero attached hydrogens (tertiary/aromatic N) is 1. The van der Waals surface area contributed by atoms with Crippen LogP contribution in [0.1, 0.15) is 94.1 Å². The van der Waals surface area contributed by atoms with Crippen LogP contribution < -0.4 is 20.5 Å². The average Bonchev–Trinajstić information content (AvgIpc) is 3.39. The summed E-state index contributed by atoms with van der Waals surface area (Å²) >= 11 is 0. The highest BCUT2D eigenvalue weighted by molar-refractivity contribution is 5.95. The van der Waals surface area contributed by atoms with E-state index in [1.54, 1.807) is 19.1 Å². The van der Waals surface area contributed by atoms with Crippen LogP contribution in [0, 0.1) is 12.8 Å². The summed E-state index contributed by atoms with van der Waals surface area (Å²) in [6.45, 7) is 2.51. The monoisotopic (exact) mass is 513 g/mol. The minimum Gasteiger partial charge on any atom is -0.493 e. The van der Waals surface area contributed by atoms with Crippen LogP contribution in [0.15, 0.2) is 12.1 Å². The number of nitrogens with two attached hydrogens (primary N) is 1. The Hall–Kier alpha value is -2.77. The van der Waals surface area contributed by atoms with Crippen molar-refractivity contribution in [3.05, 3.63) is 23.3 Å². The van der Waals surface area contributed by atoms with E-state index < -0.39 is 17.5 Å². The van der Waals surface area contributed by atoms with Crippen LogP contribution in [-0.4, -0.2) is 55.0 Å². The normalized spacial score (nSPS) is 22.8. The van der Waals surface area contributed by atoms with E-state index in [9.17, 15) is 14.4 Å². The molecule has 1 saturated heterocycles. The molecule has 8 nitrogen and oxygen atoms in total. The van der Waals surface area contributed by atoms with Gasteiger partial charge in [0.15, 0.2) is 11.5 Å². The standard InChI is InChI=1S/C29H43N3O5/c1-19-17-21(18-23(36-2)25(19)37-3)24(20-11-5-4-6-12-20)27(34)32-16-10-7-13-22(32)26(33)31-29(28(30)35)14-8-9-15-29/h17-18,20,22,24H,4-16H2,1-3H3,(H2,30,35)(H,31,33)/t22-,24-/m0/s1. The van der Waals surface area contributed by atoms with Crippen LogP contribution >= 0.6 is 0 Å². The lowest BCUT2D eigenvalue weighted by atomic mass is 9.75. The molecule has 4 rings (SSSR count). The Morgan fingerprint density at radius 1 is 0.973 bits per heavy atom. The van der Waals surface area contributed by atoms with Crippen molar-refractivity contribution < 1.29 is 23.9 Å². The maximum atomic E-state index is 14.4. The second kappa shape index (κ2) is 11.7. The van der Waals surface area contributed by atoms with E-state index in [2.05, 4.69) is 5.32 Å². The third-order valence-electron chi connectivity index (χ3n) is 8.81. The van der Waals surface area contributed by atoms with Gasteiger partial charge in [0, 0.05) is 6.54 Å². The number of aryl methyl sites for hydroxylation is 1. The zero-order valence-corrected chi connectivity index (χ0v) is 22.6. The molecule has 1 aromatic carbocycles. The highest BCUT2D eigenvalue weighted by Gasteiger charge is 2.45. The van der Waals surface area contributed by atoms with Crippen LogP contribution in [0.25, 0.3) is 0 Å². The van der Waals surface area contributed by atoms with Gasteiger partial charge in [-0.15, -0.1) is 0 Å². The molecule has 1 aromatic rings. The summed E-state index contributed by atoms with van der Waals surface area (Å²) in [6, 6.07) is 3.38. The molecule has 0 radical (unpaired) electrons. The van der Waals surface area contributed by atoms with Gasteiger partial charge in [0.2, 0.25) is 17.7 Å². The minimum absolute atomic E-state index is 0.00193. The van der Waals surface area contributed by atoms with Gasteiger partial charge in [-0.25, -0.2) is 0 Å². The first-order valence-electron chi connectivity index (χ1n) is 14.0. The van der Waals surface area contributed by atoms with Crippen LogP contribution in [0.5, 0.6) is 11.5 Å². The first kappa shape index (κ1) is 27.3. The number of benzene rings is 1. The number of methoxy groups -OCH3 is 2. The van der Waals surface area contributed by atoms with E-state index in [-0.39, 0.29) is 23.7 Å². The summed E-state index contributed by atoms with van der Waals surface area (Å²) in [7, 11) is 3.23. The first-order valence-corrected chi connectivity index (χ1v) is 14.0. The molecule has 0 spiro atoms. The quantitative estimate of drug-likeness (QED) is 0.546. The SMILES string of the molecule is COc1cc([C@@H](C(=O)N2CCCC[C@H]2C(=O)NC2(C(N)=O)CCCC2)C2CCCCC2)cc(C)c1OC. The van der Waals surface area contributed by atoms with Gasteiger partial charge in [0.1, 0.15) is 11.6 Å². The molecule has 204 valence electrons. The summed E-state index contributed by atoms with van der Waals surface area (Å²) in [6.07, 6.45) is 10.5. The van der Waals surface area contributed by atoms with Crippen molar-refractivity contribution in [2.24, 2.45) is 11.7 Å². The zero-order valence-electron chi connectivity index (χ0n) is 22.6. The maximum absolute atomic E-state index is 14.4. The van der Waals surface area contributed by atoms with Gasteiger partial charge in [0.05, 0.1) is 20.1 Å². The Bertz CT molecular complexity index is 998. The van der Waals surface area contributed by atoms with Gasteiger partial charge in [-0.05, 0) is 75.0 Å². The molecular formula is C29H43N3O5. The highest BCUT2D eigenvalue weighted by Crippen LogP contribution is 2.42. The zero-order chi connectivity index (χ0) is 26.6. The van der Waals surface area contributed by atoms with Crippen molar-refractivity contribution in [2.75, 3.05) is 20.8 Å². The molecule has 1 aliphatic heterocycles. The molecular weight excluding hydrogens is 470 g/mol. The number of hydrogen-bond acceptors (Lipinski definition) is 5. The summed E-state index contributed by atoms with van der Waals surface area (Å²) in [5.74, 6) is 0.402. The molecule has 3 fully saturated rings. The molecule has 2 atom stereocenters. The van der Waals surface area contributed by atoms with Gasteiger partial charge in [0.25, 0.3) is 0 Å². The third kappa shape index (κ3) is 5.58. The van der Waals surface area contributed by atoms with Gasteiger partial charge in [-0.3, -0.25) is 14.4 Å². The molecule has 3 amide bonds. The number of likely N-dealkylation sites (tertiary alicyclic amines) is 1. The molecule has 37 heavy (non-hydrogen) atoms. The Kier molecular flexibility index (Phi) is 8.65. The number of amides is 3. The summed E-state index contributed by atoms with van der Waals surface area (Å²) in [5.41, 5.74) is 6.58. The number of carbonyl (C=O) groups is 3. The lowest BCUT2D eigenvalue weighted by Gasteiger charge is -2.41. The van der Waals surface area contributed by atoms with Crippen LogP contribution in [0.4, 0.5) is 0 Å². The first-order chi connectivity index (χ1) is 17.8. The number of ether oxygens (including phenoxy) is 2. The second-order valence-electron chi connectivity index (χ2n) is 11.1. The van der Waals surface area contributed by atoms with Crippen molar-refractivity contribution in [1.82, 2.24) is 10.2 Å². The highest BCUT2D eigenvalue weighted by atomic mass is 16.5. The van der Waals surface area contributed by atoms with E-state index in [1.165, 1.54) is 6.42 Å². The molecule has 2 aliphatic carbocycles. The molecule has 1 heterocycles. The number of nitrogens with one attached hydrogen (secondary N) is 1. The Morgan fingerprint density at radius 3 is 2.27 bits per heavy atom. The van der Waals surface area contributed by atoms with Gasteiger partial charge >= 0.3 is 0 Å². The molecule has 3 aliphatic rings. The van der Waals surface area contributed by atoms with Crippen LogP contribution in [0.3, 0.4) is 0 Å². The lowest BCUT2D eigenvalue weighted by molar-refractivity contribution is -0.146. The van der Waals surface area contributed by atoms with E-state index >= 15 is 0 Å². The van der Waals surface area contributed by atoms with Crippen molar-refractivity contribution in [1.29, 1.82) is 0 Å². The molecule has 2 saturated carbocycles. The lowest BCUT2D eigenvalue weighted by Crippen LogP contribution is -2.61. The number of carbonyl (C=O) groups excluding carboxylic acids is 3. The molecule has 0 unspecified atom stereocenters. The predicted molar refractivity (Wildman–Crippen MR) is 141 cm³/mol. The summed E-state index contributed by atoms with van der Waals surface area (Å²) in [5, 5.41) is 3.00. The van der Waals surface area contributed by atoms with Crippen molar-refractivity contribution in [3.63, 3.8) is 0 Å². The molecule has 3 N–H and O–H groups in total. The van der Waals surface area contributed by atoms with Gasteiger partial charge in [-0.1, -0.05) is 38.2 Å². The average molecular weight is 514 g/mol. The number of piperidine rings is 1. The fraction of sp³-hybridized carbons (Fsp3) is 0.690. The second-order valence-corrected chi connectivity index (χ2v) is 11.1. The van der Waals surface area contributed by atoms with E-state index in [0.29, 0.717) is 37.3 Å². The maximum Gasteiger partial charge on any atom is 0.243 e. The minimum atomic E-state index is -0.994. The topological polar surface area (TPSA) is 111 Å². The fourth-order valence-corrected chi connectivity index (χ4v) is 6.82. The van der Waals surface area contributed by atoms with Gasteiger partial charge in [-0.2, -0.15) is 0 Å². The molecule has 0 bridgehead atoms.